The van der Waals surface area contributed by atoms with E-state index < -0.39 is 0 Å². The van der Waals surface area contributed by atoms with Gasteiger partial charge in [-0.1, -0.05) is 18.2 Å². The first-order chi connectivity index (χ1) is 11.0. The molecule has 120 valence electrons. The second-order valence-electron chi connectivity index (χ2n) is 6.64. The predicted molar refractivity (Wildman–Crippen MR) is 97.3 cm³/mol. The Morgan fingerprint density at radius 1 is 1.00 bits per heavy atom. The maximum absolute atomic E-state index is 4.75. The van der Waals surface area contributed by atoms with Crippen molar-refractivity contribution in [2.75, 3.05) is 11.6 Å². The average Bonchev–Trinajstić information content (AvgIpc) is 2.97. The van der Waals surface area contributed by atoms with E-state index >= 15 is 0 Å². The molecular weight excluding hydrogens is 282 g/mol. The monoisotopic (exact) mass is 307 g/mol. The van der Waals surface area contributed by atoms with Crippen LogP contribution in [0.1, 0.15) is 30.5 Å². The van der Waals surface area contributed by atoms with Crippen molar-refractivity contribution in [1.82, 2.24) is 9.88 Å². The molecule has 0 fully saturated rings. The molecule has 23 heavy (non-hydrogen) atoms. The van der Waals surface area contributed by atoms with Crippen molar-refractivity contribution in [3.05, 3.63) is 59.6 Å². The minimum atomic E-state index is 0.512. The molecule has 3 rings (SSSR count). The lowest BCUT2D eigenvalue weighted by Gasteiger charge is -2.25. The van der Waals surface area contributed by atoms with E-state index in [1.165, 1.54) is 27.9 Å². The Balaban J connectivity index is 1.92. The average molecular weight is 307 g/mol. The largest absolute Gasteiger partial charge is 0.356 e. The van der Waals surface area contributed by atoms with Crippen molar-refractivity contribution in [2.24, 2.45) is 0 Å². The predicted octanol–water partition coefficient (Wildman–Crippen LogP) is 4.63. The van der Waals surface area contributed by atoms with Crippen molar-refractivity contribution >= 4 is 5.69 Å². The quantitative estimate of drug-likeness (QED) is 0.824. The fraction of sp³-hybridized carbons (Fsp3) is 0.350. The van der Waals surface area contributed by atoms with E-state index in [9.17, 15) is 0 Å². The van der Waals surface area contributed by atoms with E-state index in [1.54, 1.807) is 0 Å². The van der Waals surface area contributed by atoms with Crippen molar-refractivity contribution < 1.29 is 0 Å². The molecule has 0 bridgehead atoms. The number of aryl methyl sites for hydroxylation is 3. The number of rotatable bonds is 3. The van der Waals surface area contributed by atoms with Crippen LogP contribution in [0.15, 0.2) is 42.9 Å². The summed E-state index contributed by atoms with van der Waals surface area (Å²) in [7, 11) is 0. The van der Waals surface area contributed by atoms with Gasteiger partial charge in [-0.2, -0.15) is 0 Å². The molecule has 1 aromatic heterocycles. The topological polar surface area (TPSA) is 19.4 Å². The van der Waals surface area contributed by atoms with Crippen molar-refractivity contribution in [3.63, 3.8) is 0 Å². The summed E-state index contributed by atoms with van der Waals surface area (Å²) in [6.45, 7) is 11.8. The van der Waals surface area contributed by atoms with Gasteiger partial charge < -0.3 is 9.80 Å². The van der Waals surface area contributed by atoms with Crippen LogP contribution in [-0.2, 0) is 0 Å². The molecule has 0 atom stereocenters. The van der Waals surface area contributed by atoms with Crippen molar-refractivity contribution in [3.8, 4) is 11.3 Å². The molecule has 1 aliphatic rings. The Morgan fingerprint density at radius 3 is 2.26 bits per heavy atom. The van der Waals surface area contributed by atoms with Crippen molar-refractivity contribution in [2.45, 2.75) is 40.7 Å². The lowest BCUT2D eigenvalue weighted by atomic mass is 9.98. The van der Waals surface area contributed by atoms with Crippen LogP contribution < -0.4 is 4.90 Å². The van der Waals surface area contributed by atoms with E-state index in [0.29, 0.717) is 6.04 Å². The van der Waals surface area contributed by atoms with E-state index in [2.05, 4.69) is 81.1 Å². The molecule has 0 spiro atoms. The molecule has 0 amide bonds. The second kappa shape index (κ2) is 6.07. The van der Waals surface area contributed by atoms with Crippen molar-refractivity contribution in [1.29, 1.82) is 0 Å². The van der Waals surface area contributed by atoms with E-state index in [1.807, 2.05) is 6.20 Å². The van der Waals surface area contributed by atoms with Gasteiger partial charge in [-0.3, -0.25) is 4.98 Å². The zero-order valence-electron chi connectivity index (χ0n) is 14.7. The Labute approximate surface area is 139 Å². The summed E-state index contributed by atoms with van der Waals surface area (Å²) in [6, 6.07) is 9.12. The van der Waals surface area contributed by atoms with Gasteiger partial charge in [-0.15, -0.1) is 0 Å². The molecule has 1 aliphatic heterocycles. The maximum Gasteiger partial charge on any atom is 0.0945 e. The van der Waals surface area contributed by atoms with Crippen LogP contribution >= 0.6 is 0 Å². The van der Waals surface area contributed by atoms with Crippen LogP contribution in [0.25, 0.3) is 11.3 Å². The minimum Gasteiger partial charge on any atom is -0.356 e. The third-order valence-corrected chi connectivity index (χ3v) is 4.55. The lowest BCUT2D eigenvalue weighted by molar-refractivity contribution is 0.336. The number of nitrogens with zero attached hydrogens (tertiary/aromatic N) is 3. The number of hydrogen-bond donors (Lipinski definition) is 0. The second-order valence-corrected chi connectivity index (χ2v) is 6.64. The fourth-order valence-corrected chi connectivity index (χ4v) is 3.13. The van der Waals surface area contributed by atoms with Gasteiger partial charge >= 0.3 is 0 Å². The number of hydrogen-bond acceptors (Lipinski definition) is 3. The highest BCUT2D eigenvalue weighted by molar-refractivity contribution is 5.70. The number of pyridine rings is 1. The molecule has 0 saturated heterocycles. The highest BCUT2D eigenvalue weighted by atomic mass is 15.4. The number of benzene rings is 1. The summed E-state index contributed by atoms with van der Waals surface area (Å²) in [6.07, 6.45) is 6.30. The van der Waals surface area contributed by atoms with Crippen LogP contribution in [0.2, 0.25) is 0 Å². The van der Waals surface area contributed by atoms with E-state index in [-0.39, 0.29) is 0 Å². The van der Waals surface area contributed by atoms with Gasteiger partial charge in [0, 0.05) is 24.0 Å². The standard InChI is InChI=1S/C20H25N3/c1-14(2)22-9-10-23(13-22)19-12-21-18(11-17(19)5)20-15(3)7-6-8-16(20)4/h6-12,14H,13H2,1-5H3. The Kier molecular flexibility index (Phi) is 4.12. The Morgan fingerprint density at radius 2 is 1.70 bits per heavy atom. The van der Waals surface area contributed by atoms with Gasteiger partial charge in [0.25, 0.3) is 0 Å². The number of anilines is 1. The van der Waals surface area contributed by atoms with Crippen LogP contribution in [0.5, 0.6) is 0 Å². The number of aromatic nitrogens is 1. The SMILES string of the molecule is Cc1cc(-c2c(C)cccc2C)ncc1N1C=CN(C(C)C)C1. The Bertz CT molecular complexity index is 726. The summed E-state index contributed by atoms with van der Waals surface area (Å²) in [5.41, 5.74) is 7.30. The van der Waals surface area contributed by atoms with E-state index in [4.69, 9.17) is 4.98 Å². The first kappa shape index (κ1) is 15.6. The molecule has 2 heterocycles. The van der Waals surface area contributed by atoms with Gasteiger partial charge in [0.05, 0.1) is 24.2 Å². The van der Waals surface area contributed by atoms with Crippen LogP contribution in [-0.4, -0.2) is 22.6 Å². The van der Waals surface area contributed by atoms with Gasteiger partial charge in [0.15, 0.2) is 0 Å². The molecule has 0 N–H and O–H groups in total. The molecule has 1 aromatic carbocycles. The zero-order valence-corrected chi connectivity index (χ0v) is 14.7. The molecule has 0 aliphatic carbocycles. The third-order valence-electron chi connectivity index (χ3n) is 4.55. The first-order valence-electron chi connectivity index (χ1n) is 8.21. The highest BCUT2D eigenvalue weighted by Crippen LogP contribution is 2.30. The molecule has 0 unspecified atom stereocenters. The normalized spacial score (nSPS) is 14.2. The summed E-state index contributed by atoms with van der Waals surface area (Å²) in [4.78, 5) is 9.33. The van der Waals surface area contributed by atoms with E-state index in [0.717, 1.165) is 12.4 Å². The summed E-state index contributed by atoms with van der Waals surface area (Å²) in [5, 5.41) is 0. The molecular formula is C20H25N3. The van der Waals surface area contributed by atoms with Crippen LogP contribution in [0, 0.1) is 20.8 Å². The molecule has 0 radical (unpaired) electrons. The maximum atomic E-state index is 4.75. The zero-order chi connectivity index (χ0) is 16.6. The van der Waals surface area contributed by atoms with Gasteiger partial charge in [0.2, 0.25) is 0 Å². The first-order valence-corrected chi connectivity index (χ1v) is 8.21. The summed E-state index contributed by atoms with van der Waals surface area (Å²) < 4.78 is 0. The molecule has 3 nitrogen and oxygen atoms in total. The lowest BCUT2D eigenvalue weighted by Crippen LogP contribution is -2.30. The van der Waals surface area contributed by atoms with Gasteiger partial charge in [-0.25, -0.2) is 0 Å². The highest BCUT2D eigenvalue weighted by Gasteiger charge is 2.18. The van der Waals surface area contributed by atoms with Gasteiger partial charge in [0.1, 0.15) is 0 Å². The third kappa shape index (κ3) is 2.96. The smallest absolute Gasteiger partial charge is 0.0945 e. The van der Waals surface area contributed by atoms with Crippen LogP contribution in [0.4, 0.5) is 5.69 Å². The summed E-state index contributed by atoms with van der Waals surface area (Å²) in [5.74, 6) is 0. The summed E-state index contributed by atoms with van der Waals surface area (Å²) >= 11 is 0. The molecule has 3 heteroatoms. The van der Waals surface area contributed by atoms with Gasteiger partial charge in [-0.05, 0) is 57.4 Å². The Hall–Kier alpha value is -2.29. The van der Waals surface area contributed by atoms with Crippen LogP contribution in [0.3, 0.4) is 0 Å². The minimum absolute atomic E-state index is 0.512. The molecule has 2 aromatic rings. The fourth-order valence-electron chi connectivity index (χ4n) is 3.13. The molecule has 0 saturated carbocycles.